The average Bonchev–Trinajstić information content (AvgIpc) is 3.75. The Morgan fingerprint density at radius 3 is 2.37 bits per heavy atom. The van der Waals surface area contributed by atoms with E-state index in [1.54, 1.807) is 0 Å². The van der Waals surface area contributed by atoms with E-state index < -0.39 is 0 Å². The lowest BCUT2D eigenvalue weighted by molar-refractivity contribution is 0.592. The van der Waals surface area contributed by atoms with Gasteiger partial charge in [-0.2, -0.15) is 0 Å². The second-order valence-corrected chi connectivity index (χ2v) is 13.0. The molecular formula is C41H34N4S. The first-order valence-corrected chi connectivity index (χ1v) is 16.4. The van der Waals surface area contributed by atoms with Gasteiger partial charge in [-0.15, -0.1) is 11.3 Å². The lowest BCUT2D eigenvalue weighted by Gasteiger charge is -2.18. The van der Waals surface area contributed by atoms with E-state index in [-0.39, 0.29) is 6.17 Å². The maximum Gasteiger partial charge on any atom is 0.126 e. The summed E-state index contributed by atoms with van der Waals surface area (Å²) < 4.78 is 7.31. The molecule has 0 aliphatic rings. The molecule has 0 saturated heterocycles. The third-order valence-corrected chi connectivity index (χ3v) is 10.3. The Bertz CT molecular complexity index is 2490. The van der Waals surface area contributed by atoms with Crippen LogP contribution in [0.5, 0.6) is 0 Å². The van der Waals surface area contributed by atoms with Crippen molar-refractivity contribution in [1.82, 2.24) is 14.5 Å². The number of para-hydroxylation sites is 2. The predicted octanol–water partition coefficient (Wildman–Crippen LogP) is 10.8. The summed E-state index contributed by atoms with van der Waals surface area (Å²) >= 11 is 1.82. The molecule has 0 bridgehead atoms. The van der Waals surface area contributed by atoms with Gasteiger partial charge in [0.2, 0.25) is 0 Å². The minimum Gasteiger partial charge on any atom is -0.314 e. The molecule has 1 atom stereocenters. The summed E-state index contributed by atoms with van der Waals surface area (Å²) in [5.41, 5.74) is 9.41. The van der Waals surface area contributed by atoms with Gasteiger partial charge in [0, 0.05) is 66.0 Å². The summed E-state index contributed by atoms with van der Waals surface area (Å²) in [6.07, 6.45) is 5.87. The molecular weight excluding hydrogens is 581 g/mol. The van der Waals surface area contributed by atoms with E-state index in [0.717, 1.165) is 16.9 Å². The Hall–Kier alpha value is -5.23. The highest BCUT2D eigenvalue weighted by Crippen LogP contribution is 2.43. The molecule has 1 unspecified atom stereocenters. The van der Waals surface area contributed by atoms with Crippen LogP contribution in [0.3, 0.4) is 0 Å². The Morgan fingerprint density at radius 1 is 0.826 bits per heavy atom. The van der Waals surface area contributed by atoms with Crippen molar-refractivity contribution in [2.45, 2.75) is 20.0 Å². The van der Waals surface area contributed by atoms with E-state index in [2.05, 4.69) is 156 Å². The highest BCUT2D eigenvalue weighted by Gasteiger charge is 2.22. The molecule has 8 rings (SSSR count). The number of hydrogen-bond acceptors (Lipinski definition) is 3. The van der Waals surface area contributed by atoms with Crippen LogP contribution in [0, 0.1) is 6.92 Å². The van der Waals surface area contributed by atoms with E-state index >= 15 is 0 Å². The van der Waals surface area contributed by atoms with Crippen molar-refractivity contribution in [3.8, 4) is 11.4 Å². The number of allylic oxidation sites excluding steroid dienone is 2. The third-order valence-electron chi connectivity index (χ3n) is 9.04. The number of aryl methyl sites for hydroxylation is 1. The molecule has 4 nitrogen and oxygen atoms in total. The SMILES string of the molecule is C=C/C=C(\C)CNC(N=C)c1cc(-n2cc(C)c3ccc4c5ccccc5n(-c5ccccc5)c4c32)cc2c1sc1ccccc12. The van der Waals surface area contributed by atoms with E-state index in [4.69, 9.17) is 0 Å². The molecule has 5 aromatic carbocycles. The Balaban J connectivity index is 1.46. The number of thiophene rings is 1. The lowest BCUT2D eigenvalue weighted by atomic mass is 10.0. The quantitative estimate of drug-likeness (QED) is 0.134. The van der Waals surface area contributed by atoms with Crippen molar-refractivity contribution in [3.05, 3.63) is 145 Å². The van der Waals surface area contributed by atoms with E-state index in [1.807, 2.05) is 23.5 Å². The van der Waals surface area contributed by atoms with Crippen LogP contribution in [-0.4, -0.2) is 22.4 Å². The number of benzene rings is 5. The minimum atomic E-state index is -0.276. The number of rotatable bonds is 8. The molecule has 1 N–H and O–H groups in total. The highest BCUT2D eigenvalue weighted by atomic mass is 32.1. The van der Waals surface area contributed by atoms with Gasteiger partial charge < -0.3 is 9.13 Å². The highest BCUT2D eigenvalue weighted by molar-refractivity contribution is 7.26. The molecule has 0 radical (unpaired) electrons. The fraction of sp³-hybridized carbons (Fsp3) is 0.0976. The second kappa shape index (κ2) is 11.3. The molecule has 5 heteroatoms. The van der Waals surface area contributed by atoms with Gasteiger partial charge in [-0.3, -0.25) is 10.3 Å². The van der Waals surface area contributed by atoms with Crippen molar-refractivity contribution in [3.63, 3.8) is 0 Å². The summed E-state index contributed by atoms with van der Waals surface area (Å²) in [5, 5.41) is 9.87. The van der Waals surface area contributed by atoms with Crippen LogP contribution < -0.4 is 5.32 Å². The molecule has 0 saturated carbocycles. The number of nitrogens with zero attached hydrogens (tertiary/aromatic N) is 3. The van der Waals surface area contributed by atoms with Gasteiger partial charge in [-0.1, -0.05) is 91.0 Å². The zero-order valence-electron chi connectivity index (χ0n) is 26.0. The Morgan fingerprint density at radius 2 is 1.57 bits per heavy atom. The van der Waals surface area contributed by atoms with E-state index in [9.17, 15) is 0 Å². The topological polar surface area (TPSA) is 34.2 Å². The average molecular weight is 615 g/mol. The standard InChI is InChI=1S/C41H34N4S/c1-5-13-26(2)24-43-41(42-4)35-23-29(22-34-32-17-10-12-19-37(32)46-40(34)35)44-25-27(3)30-20-21-33-31-16-9-11-18-36(31)45(39(33)38(30)44)28-14-7-6-8-15-28/h5-23,25,41,43H,1,4,24H2,2-3H3/b26-13+. The zero-order valence-corrected chi connectivity index (χ0v) is 26.8. The fourth-order valence-electron chi connectivity index (χ4n) is 6.95. The molecule has 0 spiro atoms. The molecule has 3 heterocycles. The number of hydrogen-bond donors (Lipinski definition) is 1. The number of fused-ring (bicyclic) bond motifs is 8. The van der Waals surface area contributed by atoms with Crippen LogP contribution in [0.25, 0.3) is 64.3 Å². The number of aliphatic imine (C=N–C) groups is 1. The van der Waals surface area contributed by atoms with Gasteiger partial charge in [0.15, 0.2) is 0 Å². The molecule has 0 aliphatic carbocycles. The smallest absolute Gasteiger partial charge is 0.126 e. The van der Waals surface area contributed by atoms with Crippen molar-refractivity contribution in [2.75, 3.05) is 6.54 Å². The largest absolute Gasteiger partial charge is 0.314 e. The van der Waals surface area contributed by atoms with Gasteiger partial charge in [0.05, 0.1) is 16.6 Å². The van der Waals surface area contributed by atoms with E-state index in [1.165, 1.54) is 64.0 Å². The summed E-state index contributed by atoms with van der Waals surface area (Å²) in [6.45, 7) is 12.9. The third kappa shape index (κ3) is 4.43. The Labute approximate surface area is 272 Å². The maximum atomic E-state index is 4.62. The lowest BCUT2D eigenvalue weighted by Crippen LogP contribution is -2.21. The van der Waals surface area contributed by atoms with Crippen LogP contribution in [0.15, 0.2) is 139 Å². The molecule has 46 heavy (non-hydrogen) atoms. The summed E-state index contributed by atoms with van der Waals surface area (Å²) in [7, 11) is 0. The molecule has 0 fully saturated rings. The normalized spacial score (nSPS) is 13.0. The van der Waals surface area contributed by atoms with Gasteiger partial charge in [-0.05, 0) is 62.5 Å². The van der Waals surface area contributed by atoms with Crippen molar-refractivity contribution >= 4 is 70.9 Å². The molecule has 8 aromatic rings. The number of aromatic nitrogens is 2. The summed E-state index contributed by atoms with van der Waals surface area (Å²) in [5.74, 6) is 0. The van der Waals surface area contributed by atoms with Crippen molar-refractivity contribution in [1.29, 1.82) is 0 Å². The summed E-state index contributed by atoms with van der Waals surface area (Å²) in [4.78, 5) is 4.62. The first kappa shape index (κ1) is 28.3. The predicted molar refractivity (Wildman–Crippen MR) is 199 cm³/mol. The summed E-state index contributed by atoms with van der Waals surface area (Å²) in [6, 6.07) is 37.3. The van der Waals surface area contributed by atoms with Gasteiger partial charge in [0.1, 0.15) is 6.17 Å². The van der Waals surface area contributed by atoms with Crippen LogP contribution in [-0.2, 0) is 0 Å². The van der Waals surface area contributed by atoms with Gasteiger partial charge >= 0.3 is 0 Å². The van der Waals surface area contributed by atoms with E-state index in [0.29, 0.717) is 6.54 Å². The Kier molecular flexibility index (Phi) is 6.93. The minimum absolute atomic E-state index is 0.276. The van der Waals surface area contributed by atoms with Gasteiger partial charge in [0.25, 0.3) is 0 Å². The molecule has 3 aromatic heterocycles. The van der Waals surface area contributed by atoms with Crippen LogP contribution in [0.1, 0.15) is 24.2 Å². The first-order valence-electron chi connectivity index (χ1n) is 15.6. The molecule has 224 valence electrons. The fourth-order valence-corrected chi connectivity index (χ4v) is 8.17. The molecule has 0 aliphatic heterocycles. The maximum absolute atomic E-state index is 4.62. The van der Waals surface area contributed by atoms with Crippen molar-refractivity contribution in [2.24, 2.45) is 4.99 Å². The van der Waals surface area contributed by atoms with Crippen LogP contribution in [0.4, 0.5) is 0 Å². The first-order chi connectivity index (χ1) is 22.6. The monoisotopic (exact) mass is 614 g/mol. The number of nitrogens with one attached hydrogen (secondary N) is 1. The van der Waals surface area contributed by atoms with Crippen molar-refractivity contribution < 1.29 is 0 Å². The second-order valence-electron chi connectivity index (χ2n) is 12.0. The van der Waals surface area contributed by atoms with Crippen LogP contribution >= 0.6 is 11.3 Å². The van der Waals surface area contributed by atoms with Crippen LogP contribution in [0.2, 0.25) is 0 Å². The zero-order chi connectivity index (χ0) is 31.4. The molecule has 0 amide bonds. The van der Waals surface area contributed by atoms with Gasteiger partial charge in [-0.25, -0.2) is 0 Å².